The minimum atomic E-state index is -0.136. The lowest BCUT2D eigenvalue weighted by molar-refractivity contribution is -0.441. The number of azo groups is 1. The molecule has 2 heterocycles. The van der Waals surface area contributed by atoms with Gasteiger partial charge < -0.3 is 10.9 Å². The quantitative estimate of drug-likeness (QED) is 0.401. The smallest absolute Gasteiger partial charge is 0.418 e. The summed E-state index contributed by atoms with van der Waals surface area (Å²) >= 11 is 0. The van der Waals surface area contributed by atoms with Crippen LogP contribution < -0.4 is 5.73 Å². The third kappa shape index (κ3) is 1.35. The van der Waals surface area contributed by atoms with Crippen molar-refractivity contribution in [3.05, 3.63) is 11.4 Å². The number of nitrogens with zero attached hydrogens (tertiary/aromatic N) is 6. The second-order valence-corrected chi connectivity index (χ2v) is 2.11. The topological polar surface area (TPSA) is 142 Å². The standard InChI is InChI=1S/C4H3N7O3/c5-3-4(10-14-9-3)7-11(12)2-1-6-13-8-2/h1H,(H2,5,9). The van der Waals surface area contributed by atoms with Crippen molar-refractivity contribution in [2.45, 2.75) is 0 Å². The largest absolute Gasteiger partial charge is 0.690 e. The fourth-order valence-corrected chi connectivity index (χ4v) is 0.641. The molecule has 0 saturated heterocycles. The summed E-state index contributed by atoms with van der Waals surface area (Å²) in [6.45, 7) is 0. The van der Waals surface area contributed by atoms with E-state index in [4.69, 9.17) is 5.73 Å². The van der Waals surface area contributed by atoms with Gasteiger partial charge in [-0.2, -0.15) is 0 Å². The molecular weight excluding hydrogens is 194 g/mol. The van der Waals surface area contributed by atoms with Gasteiger partial charge in [0, 0.05) is 0 Å². The Kier molecular flexibility index (Phi) is 1.78. The van der Waals surface area contributed by atoms with Gasteiger partial charge in [0.15, 0.2) is 11.4 Å². The average Bonchev–Trinajstić information content (AvgIpc) is 2.77. The lowest BCUT2D eigenvalue weighted by Crippen LogP contribution is -1.91. The molecule has 10 nitrogen and oxygen atoms in total. The second-order valence-electron chi connectivity index (χ2n) is 2.11. The zero-order chi connectivity index (χ0) is 9.97. The lowest BCUT2D eigenvalue weighted by Gasteiger charge is -1.95. The summed E-state index contributed by atoms with van der Waals surface area (Å²) in [6, 6.07) is 0. The maximum atomic E-state index is 11.1. The van der Waals surface area contributed by atoms with Gasteiger partial charge in [0.2, 0.25) is 5.82 Å². The van der Waals surface area contributed by atoms with Crippen molar-refractivity contribution in [1.82, 2.24) is 20.6 Å². The molecule has 2 aromatic heterocycles. The summed E-state index contributed by atoms with van der Waals surface area (Å²) in [6.07, 6.45) is 1.08. The third-order valence-electron chi connectivity index (χ3n) is 1.23. The molecule has 0 saturated carbocycles. The molecular formula is C4H3N7O3. The van der Waals surface area contributed by atoms with Crippen LogP contribution in [0.15, 0.2) is 20.6 Å². The van der Waals surface area contributed by atoms with Gasteiger partial charge in [-0.25, -0.2) is 4.63 Å². The lowest BCUT2D eigenvalue weighted by atomic mass is 10.7. The molecule has 0 bridgehead atoms. The molecule has 0 aromatic carbocycles. The Bertz CT molecular complexity index is 445. The van der Waals surface area contributed by atoms with Crippen LogP contribution in [0.1, 0.15) is 0 Å². The highest BCUT2D eigenvalue weighted by Crippen LogP contribution is 2.17. The number of nitrogens with two attached hydrogens (primary N) is 1. The Morgan fingerprint density at radius 1 is 1.36 bits per heavy atom. The first kappa shape index (κ1) is 8.10. The average molecular weight is 197 g/mol. The minimum absolute atomic E-state index is 0.0951. The van der Waals surface area contributed by atoms with Crippen molar-refractivity contribution < 1.29 is 14.1 Å². The fraction of sp³-hybridized carbons (Fsp3) is 0. The van der Waals surface area contributed by atoms with Crippen LogP contribution in [0.3, 0.4) is 0 Å². The van der Waals surface area contributed by atoms with E-state index in [0.29, 0.717) is 0 Å². The van der Waals surface area contributed by atoms with E-state index in [1.807, 2.05) is 0 Å². The molecule has 0 atom stereocenters. The number of hydrogen-bond acceptors (Lipinski definition) is 9. The number of rotatable bonds is 2. The molecule has 0 spiro atoms. The van der Waals surface area contributed by atoms with Crippen LogP contribution in [0.25, 0.3) is 0 Å². The van der Waals surface area contributed by atoms with Gasteiger partial charge >= 0.3 is 5.82 Å². The molecule has 0 radical (unpaired) electrons. The number of aromatic nitrogens is 4. The molecule has 2 N–H and O–H groups in total. The predicted octanol–water partition coefficient (Wildman–Crippen LogP) is -0.0395. The van der Waals surface area contributed by atoms with Gasteiger partial charge in [0.25, 0.3) is 5.82 Å². The van der Waals surface area contributed by atoms with Gasteiger partial charge in [0.1, 0.15) is 0 Å². The van der Waals surface area contributed by atoms with Crippen LogP contribution in [-0.2, 0) is 0 Å². The van der Waals surface area contributed by atoms with Gasteiger partial charge in [-0.05, 0) is 15.5 Å². The molecule has 72 valence electrons. The Balaban J connectivity index is 2.32. The summed E-state index contributed by atoms with van der Waals surface area (Å²) in [4.78, 5) is 0.131. The number of nitrogen functional groups attached to an aromatic ring is 1. The van der Waals surface area contributed by atoms with Crippen LogP contribution in [0.2, 0.25) is 0 Å². The predicted molar refractivity (Wildman–Crippen MR) is 38.4 cm³/mol. The van der Waals surface area contributed by atoms with Crippen molar-refractivity contribution in [2.75, 3.05) is 5.73 Å². The van der Waals surface area contributed by atoms with E-state index < -0.39 is 0 Å². The molecule has 14 heavy (non-hydrogen) atoms. The first-order valence-electron chi connectivity index (χ1n) is 3.32. The Morgan fingerprint density at radius 2 is 2.21 bits per heavy atom. The molecule has 2 aromatic rings. The van der Waals surface area contributed by atoms with Crippen molar-refractivity contribution >= 4 is 17.5 Å². The van der Waals surface area contributed by atoms with E-state index in [9.17, 15) is 5.21 Å². The molecule has 0 aliphatic carbocycles. The summed E-state index contributed by atoms with van der Waals surface area (Å²) in [5, 5.41) is 27.5. The molecule has 0 aliphatic heterocycles. The van der Waals surface area contributed by atoms with Gasteiger partial charge in [-0.1, -0.05) is 5.11 Å². The Morgan fingerprint density at radius 3 is 2.79 bits per heavy atom. The van der Waals surface area contributed by atoms with E-state index in [0.717, 1.165) is 6.20 Å². The van der Waals surface area contributed by atoms with Gasteiger partial charge in [0.05, 0.1) is 0 Å². The second kappa shape index (κ2) is 3.08. The van der Waals surface area contributed by atoms with Crippen LogP contribution >= 0.6 is 0 Å². The molecule has 10 heteroatoms. The molecule has 0 amide bonds. The molecule has 0 aliphatic rings. The summed E-state index contributed by atoms with van der Waals surface area (Å²) < 4.78 is 8.41. The summed E-state index contributed by atoms with van der Waals surface area (Å²) in [5.41, 5.74) is 5.26. The van der Waals surface area contributed by atoms with E-state index in [-0.39, 0.29) is 22.3 Å². The highest BCUT2D eigenvalue weighted by molar-refractivity contribution is 5.47. The summed E-state index contributed by atoms with van der Waals surface area (Å²) in [7, 11) is 0. The van der Waals surface area contributed by atoms with E-state index in [2.05, 4.69) is 35.0 Å². The SMILES string of the molecule is Nc1nonc1N=[N+]([O-])c1cnon1. The van der Waals surface area contributed by atoms with Crippen LogP contribution in [-0.4, -0.2) is 25.5 Å². The zero-order valence-corrected chi connectivity index (χ0v) is 6.56. The maximum absolute atomic E-state index is 11.1. The van der Waals surface area contributed by atoms with Gasteiger partial charge in [-0.3, -0.25) is 0 Å². The van der Waals surface area contributed by atoms with E-state index in [1.54, 1.807) is 0 Å². The maximum Gasteiger partial charge on any atom is 0.418 e. The van der Waals surface area contributed by atoms with E-state index >= 15 is 0 Å². The minimum Gasteiger partial charge on any atom is -0.690 e. The number of hydrogen-bond donors (Lipinski definition) is 1. The molecule has 0 fully saturated rings. The summed E-state index contributed by atoms with van der Waals surface area (Å²) in [5.74, 6) is -0.363. The monoisotopic (exact) mass is 197 g/mol. The first-order chi connectivity index (χ1) is 6.77. The third-order valence-corrected chi connectivity index (χ3v) is 1.23. The van der Waals surface area contributed by atoms with Crippen molar-refractivity contribution in [2.24, 2.45) is 5.11 Å². The molecule has 2 rings (SSSR count). The number of anilines is 1. The van der Waals surface area contributed by atoms with Crippen molar-refractivity contribution in [1.29, 1.82) is 0 Å². The highest BCUT2D eigenvalue weighted by Gasteiger charge is 2.12. The van der Waals surface area contributed by atoms with Crippen LogP contribution in [0.5, 0.6) is 0 Å². The van der Waals surface area contributed by atoms with Crippen molar-refractivity contribution in [3.63, 3.8) is 0 Å². The fourth-order valence-electron chi connectivity index (χ4n) is 0.641. The zero-order valence-electron chi connectivity index (χ0n) is 6.56. The van der Waals surface area contributed by atoms with Crippen LogP contribution in [0.4, 0.5) is 17.5 Å². The normalized spacial score (nSPS) is 11.9. The molecule has 0 unspecified atom stereocenters. The van der Waals surface area contributed by atoms with Crippen molar-refractivity contribution in [3.8, 4) is 0 Å². The Hall–Kier alpha value is -2.52. The first-order valence-corrected chi connectivity index (χ1v) is 3.32. The van der Waals surface area contributed by atoms with Crippen LogP contribution in [0, 0.1) is 5.21 Å². The highest BCUT2D eigenvalue weighted by atomic mass is 16.6. The van der Waals surface area contributed by atoms with Gasteiger partial charge in [-0.15, -0.1) is 9.49 Å². The Labute approximate surface area is 75.5 Å². The van der Waals surface area contributed by atoms with E-state index in [1.165, 1.54) is 0 Å².